The summed E-state index contributed by atoms with van der Waals surface area (Å²) in [5.74, 6) is -0.645. The number of hydrogen-bond acceptors (Lipinski definition) is 2. The van der Waals surface area contributed by atoms with Crippen molar-refractivity contribution in [3.8, 4) is 6.07 Å². The second kappa shape index (κ2) is 5.54. The van der Waals surface area contributed by atoms with E-state index >= 15 is 0 Å². The minimum absolute atomic E-state index is 0.0260. The van der Waals surface area contributed by atoms with Crippen LogP contribution < -0.4 is 0 Å². The Morgan fingerprint density at radius 2 is 1.79 bits per heavy atom. The number of ketones is 1. The fourth-order valence-corrected chi connectivity index (χ4v) is 2.44. The molecule has 2 nitrogen and oxygen atoms in total. The number of hydrogen-bond donors (Lipinski definition) is 0. The standard InChI is InChI=1S/C16H14BrNO/c1-10(2)15(9-18)16(19)13-4-3-12-8-14(17)6-5-11(12)7-13/h3-8,10,15H,1-2H3. The molecule has 2 aromatic rings. The third-order valence-corrected chi connectivity index (χ3v) is 3.67. The van der Waals surface area contributed by atoms with Crippen molar-refractivity contribution in [3.63, 3.8) is 0 Å². The molecule has 0 saturated heterocycles. The van der Waals surface area contributed by atoms with Gasteiger partial charge in [0.2, 0.25) is 0 Å². The molecule has 0 saturated carbocycles. The van der Waals surface area contributed by atoms with Crippen LogP contribution in [0.4, 0.5) is 0 Å². The first-order valence-corrected chi connectivity index (χ1v) is 6.95. The number of nitrogens with zero attached hydrogens (tertiary/aromatic N) is 1. The molecule has 96 valence electrons. The van der Waals surface area contributed by atoms with Crippen LogP contribution in [-0.2, 0) is 0 Å². The summed E-state index contributed by atoms with van der Waals surface area (Å²) in [6.07, 6.45) is 0. The maximum atomic E-state index is 12.3. The van der Waals surface area contributed by atoms with Crippen molar-refractivity contribution in [1.82, 2.24) is 0 Å². The minimum Gasteiger partial charge on any atom is -0.293 e. The molecule has 1 atom stereocenters. The van der Waals surface area contributed by atoms with E-state index in [4.69, 9.17) is 5.26 Å². The molecule has 0 N–H and O–H groups in total. The molecule has 0 bridgehead atoms. The number of Topliss-reactive ketones (excluding diaryl/α,β-unsaturated/α-hetero) is 1. The summed E-state index contributed by atoms with van der Waals surface area (Å²) in [4.78, 5) is 12.3. The van der Waals surface area contributed by atoms with Crippen LogP contribution in [0.1, 0.15) is 24.2 Å². The summed E-state index contributed by atoms with van der Waals surface area (Å²) >= 11 is 3.42. The van der Waals surface area contributed by atoms with E-state index in [1.807, 2.05) is 44.2 Å². The lowest BCUT2D eigenvalue weighted by Crippen LogP contribution is -2.18. The molecule has 3 heteroatoms. The number of rotatable bonds is 3. The molecule has 0 radical (unpaired) electrons. The Kier molecular flexibility index (Phi) is 4.01. The van der Waals surface area contributed by atoms with Gasteiger partial charge in [-0.1, -0.05) is 48.0 Å². The number of carbonyl (C=O) groups is 1. The summed E-state index contributed by atoms with van der Waals surface area (Å²) in [5, 5.41) is 11.2. The molecule has 2 rings (SSSR count). The summed E-state index contributed by atoms with van der Waals surface area (Å²) in [6.45, 7) is 3.79. The minimum atomic E-state index is -0.576. The van der Waals surface area contributed by atoms with E-state index in [1.54, 1.807) is 6.07 Å². The molecule has 0 aliphatic heterocycles. The number of benzene rings is 2. The Hall–Kier alpha value is -1.66. The Morgan fingerprint density at radius 1 is 1.16 bits per heavy atom. The van der Waals surface area contributed by atoms with Gasteiger partial charge in [0, 0.05) is 10.0 Å². The third kappa shape index (κ3) is 2.85. The van der Waals surface area contributed by atoms with E-state index in [0.717, 1.165) is 15.2 Å². The van der Waals surface area contributed by atoms with E-state index in [1.165, 1.54) is 0 Å². The quantitative estimate of drug-likeness (QED) is 0.778. The van der Waals surface area contributed by atoms with Gasteiger partial charge in [-0.2, -0.15) is 5.26 Å². The van der Waals surface area contributed by atoms with Crippen LogP contribution in [0.25, 0.3) is 10.8 Å². The lowest BCUT2D eigenvalue weighted by Gasteiger charge is -2.12. The number of fused-ring (bicyclic) bond motifs is 1. The highest BCUT2D eigenvalue weighted by atomic mass is 79.9. The number of carbonyl (C=O) groups excluding carboxylic acids is 1. The van der Waals surface area contributed by atoms with E-state index in [-0.39, 0.29) is 11.7 Å². The van der Waals surface area contributed by atoms with Crippen molar-refractivity contribution in [2.45, 2.75) is 13.8 Å². The van der Waals surface area contributed by atoms with Crippen LogP contribution in [-0.4, -0.2) is 5.78 Å². The molecule has 19 heavy (non-hydrogen) atoms. The highest BCUT2D eigenvalue weighted by molar-refractivity contribution is 9.10. The molecule has 0 amide bonds. The highest BCUT2D eigenvalue weighted by Crippen LogP contribution is 2.23. The molecule has 0 spiro atoms. The van der Waals surface area contributed by atoms with E-state index < -0.39 is 5.92 Å². The van der Waals surface area contributed by atoms with Crippen LogP contribution >= 0.6 is 15.9 Å². The van der Waals surface area contributed by atoms with Crippen molar-refractivity contribution in [2.75, 3.05) is 0 Å². The smallest absolute Gasteiger partial charge is 0.180 e. The zero-order chi connectivity index (χ0) is 14.0. The largest absolute Gasteiger partial charge is 0.293 e. The number of nitriles is 1. The molecule has 0 aliphatic rings. The van der Waals surface area contributed by atoms with Crippen molar-refractivity contribution >= 4 is 32.5 Å². The highest BCUT2D eigenvalue weighted by Gasteiger charge is 2.23. The predicted molar refractivity (Wildman–Crippen MR) is 79.9 cm³/mol. The normalized spacial score (nSPS) is 12.4. The van der Waals surface area contributed by atoms with Gasteiger partial charge in [-0.05, 0) is 34.9 Å². The Labute approximate surface area is 121 Å². The van der Waals surface area contributed by atoms with Gasteiger partial charge in [0.15, 0.2) is 5.78 Å². The maximum absolute atomic E-state index is 12.3. The first-order chi connectivity index (χ1) is 9.02. The summed E-state index contributed by atoms with van der Waals surface area (Å²) < 4.78 is 1.01. The topological polar surface area (TPSA) is 40.9 Å². The zero-order valence-electron chi connectivity index (χ0n) is 10.9. The lowest BCUT2D eigenvalue weighted by atomic mass is 9.88. The van der Waals surface area contributed by atoms with Crippen molar-refractivity contribution in [3.05, 3.63) is 46.4 Å². The second-order valence-corrected chi connectivity index (χ2v) is 5.84. The maximum Gasteiger partial charge on any atom is 0.180 e. The summed E-state index contributed by atoms with van der Waals surface area (Å²) in [7, 11) is 0. The van der Waals surface area contributed by atoms with Crippen LogP contribution in [0.2, 0.25) is 0 Å². The molecular formula is C16H14BrNO. The average Bonchev–Trinajstić information content (AvgIpc) is 2.38. The summed E-state index contributed by atoms with van der Waals surface area (Å²) in [6, 6.07) is 13.6. The molecular weight excluding hydrogens is 302 g/mol. The lowest BCUT2D eigenvalue weighted by molar-refractivity contribution is 0.0924. The van der Waals surface area contributed by atoms with Gasteiger partial charge in [-0.3, -0.25) is 4.79 Å². The number of halogens is 1. The van der Waals surface area contributed by atoms with Gasteiger partial charge in [-0.15, -0.1) is 0 Å². The Morgan fingerprint density at radius 3 is 2.42 bits per heavy atom. The fourth-order valence-electron chi connectivity index (χ4n) is 2.06. The average molecular weight is 316 g/mol. The van der Waals surface area contributed by atoms with Gasteiger partial charge >= 0.3 is 0 Å². The van der Waals surface area contributed by atoms with Crippen molar-refractivity contribution < 1.29 is 4.79 Å². The summed E-state index contributed by atoms with van der Waals surface area (Å²) in [5.41, 5.74) is 0.607. The molecule has 0 fully saturated rings. The second-order valence-electron chi connectivity index (χ2n) is 4.92. The molecule has 1 unspecified atom stereocenters. The van der Waals surface area contributed by atoms with Gasteiger partial charge in [-0.25, -0.2) is 0 Å². The first kappa shape index (κ1) is 13.8. The van der Waals surface area contributed by atoms with Crippen LogP contribution in [0, 0.1) is 23.2 Å². The first-order valence-electron chi connectivity index (χ1n) is 6.16. The Balaban J connectivity index is 2.44. The van der Waals surface area contributed by atoms with E-state index in [0.29, 0.717) is 5.56 Å². The SMILES string of the molecule is CC(C)C(C#N)C(=O)c1ccc2cc(Br)ccc2c1. The van der Waals surface area contributed by atoms with Crippen molar-refractivity contribution in [2.24, 2.45) is 11.8 Å². The van der Waals surface area contributed by atoms with Crippen LogP contribution in [0.5, 0.6) is 0 Å². The molecule has 0 aromatic heterocycles. The van der Waals surface area contributed by atoms with E-state index in [2.05, 4.69) is 22.0 Å². The third-order valence-electron chi connectivity index (χ3n) is 3.18. The van der Waals surface area contributed by atoms with Crippen LogP contribution in [0.3, 0.4) is 0 Å². The van der Waals surface area contributed by atoms with Crippen LogP contribution in [0.15, 0.2) is 40.9 Å². The monoisotopic (exact) mass is 315 g/mol. The van der Waals surface area contributed by atoms with Crippen molar-refractivity contribution in [1.29, 1.82) is 5.26 Å². The Bertz CT molecular complexity index is 670. The molecule has 0 heterocycles. The van der Waals surface area contributed by atoms with E-state index in [9.17, 15) is 4.79 Å². The van der Waals surface area contributed by atoms with Gasteiger partial charge in [0.25, 0.3) is 0 Å². The van der Waals surface area contributed by atoms with Gasteiger partial charge in [0.05, 0.1) is 6.07 Å². The van der Waals surface area contributed by atoms with Gasteiger partial charge in [0.1, 0.15) is 5.92 Å². The molecule has 2 aromatic carbocycles. The molecule has 0 aliphatic carbocycles. The fraction of sp³-hybridized carbons (Fsp3) is 0.250. The van der Waals surface area contributed by atoms with Gasteiger partial charge < -0.3 is 0 Å². The predicted octanol–water partition coefficient (Wildman–Crippen LogP) is 4.58. The zero-order valence-corrected chi connectivity index (χ0v) is 12.4.